The topological polar surface area (TPSA) is 78.9 Å². The number of urea groups is 1. The Kier molecular flexibility index (Phi) is 4.63. The van der Waals surface area contributed by atoms with E-state index in [4.69, 9.17) is 9.84 Å². The van der Waals surface area contributed by atoms with E-state index in [1.54, 1.807) is 12.0 Å². The third-order valence-electron chi connectivity index (χ3n) is 4.14. The number of amides is 2. The van der Waals surface area contributed by atoms with Crippen LogP contribution in [0.2, 0.25) is 0 Å². The maximum atomic E-state index is 12.1. The van der Waals surface area contributed by atoms with Gasteiger partial charge in [-0.3, -0.25) is 4.79 Å². The van der Waals surface area contributed by atoms with Crippen LogP contribution in [-0.4, -0.2) is 54.4 Å². The molecule has 0 aromatic rings. The Morgan fingerprint density at radius 3 is 2.63 bits per heavy atom. The Balaban J connectivity index is 1.85. The maximum absolute atomic E-state index is 12.1. The molecule has 2 amide bonds. The number of carboxylic acid groups (broad SMARTS) is 1. The lowest BCUT2D eigenvalue weighted by Crippen LogP contribution is -2.50. The van der Waals surface area contributed by atoms with Crippen molar-refractivity contribution in [1.82, 2.24) is 10.2 Å². The van der Waals surface area contributed by atoms with Crippen LogP contribution in [0.3, 0.4) is 0 Å². The van der Waals surface area contributed by atoms with Crippen LogP contribution in [0.4, 0.5) is 4.79 Å². The van der Waals surface area contributed by atoms with Crippen molar-refractivity contribution < 1.29 is 19.4 Å². The van der Waals surface area contributed by atoms with E-state index in [2.05, 4.69) is 5.32 Å². The minimum Gasteiger partial charge on any atom is -0.481 e. The van der Waals surface area contributed by atoms with Gasteiger partial charge >= 0.3 is 12.0 Å². The molecule has 2 N–H and O–H groups in total. The Morgan fingerprint density at radius 2 is 2.00 bits per heavy atom. The second kappa shape index (κ2) is 6.23. The smallest absolute Gasteiger partial charge is 0.317 e. The zero-order valence-electron chi connectivity index (χ0n) is 11.3. The van der Waals surface area contributed by atoms with Crippen molar-refractivity contribution in [2.45, 2.75) is 44.2 Å². The van der Waals surface area contributed by atoms with Crippen molar-refractivity contribution in [3.05, 3.63) is 0 Å². The van der Waals surface area contributed by atoms with E-state index >= 15 is 0 Å². The van der Waals surface area contributed by atoms with Crippen LogP contribution in [0, 0.1) is 5.92 Å². The fraction of sp³-hybridized carbons (Fsp3) is 0.846. The van der Waals surface area contributed by atoms with Crippen molar-refractivity contribution in [3.8, 4) is 0 Å². The lowest BCUT2D eigenvalue weighted by molar-refractivity contribution is -0.141. The predicted octanol–water partition coefficient (Wildman–Crippen LogP) is 1.06. The van der Waals surface area contributed by atoms with Gasteiger partial charge in [-0.25, -0.2) is 4.79 Å². The molecule has 1 aliphatic carbocycles. The van der Waals surface area contributed by atoms with E-state index in [1.807, 2.05) is 0 Å². The maximum Gasteiger partial charge on any atom is 0.317 e. The number of nitrogens with zero attached hydrogens (tertiary/aromatic N) is 1. The third kappa shape index (κ3) is 3.37. The number of hydrogen-bond donors (Lipinski definition) is 2. The lowest BCUT2D eigenvalue weighted by atomic mass is 9.92. The molecule has 1 saturated heterocycles. The predicted molar refractivity (Wildman–Crippen MR) is 68.9 cm³/mol. The molecule has 108 valence electrons. The number of aliphatic carboxylic acids is 1. The number of likely N-dealkylation sites (tertiary alicyclic amines) is 1. The van der Waals surface area contributed by atoms with Gasteiger partial charge in [-0.1, -0.05) is 12.8 Å². The number of methoxy groups -OCH3 is 1. The number of nitrogens with one attached hydrogen (secondary N) is 1. The van der Waals surface area contributed by atoms with Crippen molar-refractivity contribution >= 4 is 12.0 Å². The van der Waals surface area contributed by atoms with Crippen molar-refractivity contribution in [2.24, 2.45) is 5.92 Å². The van der Waals surface area contributed by atoms with Gasteiger partial charge in [0.15, 0.2) is 0 Å². The highest BCUT2D eigenvalue weighted by Gasteiger charge is 2.33. The van der Waals surface area contributed by atoms with E-state index in [1.165, 1.54) is 0 Å². The fourth-order valence-electron chi connectivity index (χ4n) is 2.94. The summed E-state index contributed by atoms with van der Waals surface area (Å²) in [6.45, 7) is 0.832. The summed E-state index contributed by atoms with van der Waals surface area (Å²) >= 11 is 0. The first-order valence-electron chi connectivity index (χ1n) is 6.93. The summed E-state index contributed by atoms with van der Waals surface area (Å²) in [5.41, 5.74) is 0. The minimum absolute atomic E-state index is 0.0510. The zero-order chi connectivity index (χ0) is 13.8. The molecule has 0 bridgehead atoms. The van der Waals surface area contributed by atoms with Gasteiger partial charge in [-0.15, -0.1) is 0 Å². The Hall–Kier alpha value is -1.30. The first kappa shape index (κ1) is 14.1. The SMILES string of the molecule is CO[C@H]1CCCC[C@@H]1NC(=O)N1CCC(C(=O)O)C1. The molecule has 2 fully saturated rings. The molecule has 1 saturated carbocycles. The minimum atomic E-state index is -0.817. The van der Waals surface area contributed by atoms with Gasteiger partial charge in [-0.05, 0) is 19.3 Å². The summed E-state index contributed by atoms with van der Waals surface area (Å²) in [5.74, 6) is -1.24. The van der Waals surface area contributed by atoms with Crippen LogP contribution in [0.15, 0.2) is 0 Å². The molecule has 2 aliphatic rings. The van der Waals surface area contributed by atoms with Crippen LogP contribution >= 0.6 is 0 Å². The van der Waals surface area contributed by atoms with Gasteiger partial charge in [0.2, 0.25) is 0 Å². The molecule has 6 heteroatoms. The molecule has 0 aromatic carbocycles. The Bertz CT molecular complexity index is 348. The number of carbonyl (C=O) groups is 2. The monoisotopic (exact) mass is 270 g/mol. The first-order chi connectivity index (χ1) is 9.11. The highest BCUT2D eigenvalue weighted by Crippen LogP contribution is 2.22. The van der Waals surface area contributed by atoms with Gasteiger partial charge in [-0.2, -0.15) is 0 Å². The van der Waals surface area contributed by atoms with Crippen LogP contribution in [0.5, 0.6) is 0 Å². The van der Waals surface area contributed by atoms with Gasteiger partial charge in [0.05, 0.1) is 18.1 Å². The average molecular weight is 270 g/mol. The summed E-state index contributed by atoms with van der Waals surface area (Å²) in [6.07, 6.45) is 4.76. The van der Waals surface area contributed by atoms with Crippen molar-refractivity contribution in [2.75, 3.05) is 20.2 Å². The molecule has 1 aliphatic heterocycles. The number of ether oxygens (including phenoxy) is 1. The van der Waals surface area contributed by atoms with Crippen LogP contribution in [0.25, 0.3) is 0 Å². The molecule has 2 rings (SSSR count). The second-order valence-electron chi connectivity index (χ2n) is 5.38. The summed E-state index contributed by atoms with van der Waals surface area (Å²) < 4.78 is 5.40. The van der Waals surface area contributed by atoms with E-state index in [0.29, 0.717) is 19.5 Å². The normalized spacial score (nSPS) is 31.2. The van der Waals surface area contributed by atoms with E-state index in [-0.39, 0.29) is 18.2 Å². The first-order valence-corrected chi connectivity index (χ1v) is 6.93. The zero-order valence-corrected chi connectivity index (χ0v) is 11.3. The quantitative estimate of drug-likeness (QED) is 0.803. The van der Waals surface area contributed by atoms with Gasteiger partial charge in [0.25, 0.3) is 0 Å². The van der Waals surface area contributed by atoms with Gasteiger partial charge < -0.3 is 20.1 Å². The average Bonchev–Trinajstić information content (AvgIpc) is 2.89. The molecule has 0 aromatic heterocycles. The summed E-state index contributed by atoms with van der Waals surface area (Å²) in [7, 11) is 1.67. The number of carbonyl (C=O) groups excluding carboxylic acids is 1. The lowest BCUT2D eigenvalue weighted by Gasteiger charge is -2.32. The van der Waals surface area contributed by atoms with Crippen LogP contribution < -0.4 is 5.32 Å². The summed E-state index contributed by atoms with van der Waals surface area (Å²) in [6, 6.07) is -0.104. The van der Waals surface area contributed by atoms with Crippen molar-refractivity contribution in [1.29, 1.82) is 0 Å². The molecular formula is C13H22N2O4. The molecule has 1 heterocycles. The molecule has 0 radical (unpaired) electrons. The molecule has 19 heavy (non-hydrogen) atoms. The van der Waals surface area contributed by atoms with Gasteiger partial charge in [0, 0.05) is 20.2 Å². The second-order valence-corrected chi connectivity index (χ2v) is 5.38. The largest absolute Gasteiger partial charge is 0.481 e. The van der Waals surface area contributed by atoms with E-state index in [9.17, 15) is 9.59 Å². The standard InChI is InChI=1S/C13H22N2O4/c1-19-11-5-3-2-4-10(11)14-13(18)15-7-6-9(8-15)12(16)17/h9-11H,2-8H2,1H3,(H,14,18)(H,16,17)/t9?,10-,11-/m0/s1. The number of carboxylic acids is 1. The molecule has 3 atom stereocenters. The van der Waals surface area contributed by atoms with Crippen LogP contribution in [0.1, 0.15) is 32.1 Å². The Labute approximate surface area is 113 Å². The van der Waals surface area contributed by atoms with E-state index in [0.717, 1.165) is 25.7 Å². The summed E-state index contributed by atoms with van der Waals surface area (Å²) in [5, 5.41) is 11.9. The molecule has 0 spiro atoms. The molecule has 6 nitrogen and oxygen atoms in total. The fourth-order valence-corrected chi connectivity index (χ4v) is 2.94. The third-order valence-corrected chi connectivity index (χ3v) is 4.14. The van der Waals surface area contributed by atoms with Crippen molar-refractivity contribution in [3.63, 3.8) is 0 Å². The highest BCUT2D eigenvalue weighted by atomic mass is 16.5. The highest BCUT2D eigenvalue weighted by molar-refractivity contribution is 5.77. The van der Waals surface area contributed by atoms with Crippen LogP contribution in [-0.2, 0) is 9.53 Å². The molecule has 1 unspecified atom stereocenters. The van der Waals surface area contributed by atoms with E-state index < -0.39 is 11.9 Å². The number of rotatable bonds is 3. The molecular weight excluding hydrogens is 248 g/mol. The summed E-state index contributed by atoms with van der Waals surface area (Å²) in [4.78, 5) is 24.6. The number of hydrogen-bond acceptors (Lipinski definition) is 3. The Morgan fingerprint density at radius 1 is 1.26 bits per heavy atom. The van der Waals surface area contributed by atoms with Gasteiger partial charge in [0.1, 0.15) is 0 Å².